The van der Waals surface area contributed by atoms with Crippen LogP contribution in [0, 0.1) is 10.1 Å². The molecule has 19 heavy (non-hydrogen) atoms. The topological polar surface area (TPSA) is 127 Å². The van der Waals surface area contributed by atoms with E-state index in [0.29, 0.717) is 0 Å². The Kier molecular flexibility index (Phi) is 4.22. The number of non-ortho nitro benzene ring substituents is 1. The van der Waals surface area contributed by atoms with Crippen molar-refractivity contribution >= 4 is 27.4 Å². The van der Waals surface area contributed by atoms with E-state index in [9.17, 15) is 23.3 Å². The lowest BCUT2D eigenvalue weighted by atomic mass is 10.1. The maximum Gasteiger partial charge on any atom is 0.337 e. The molecule has 0 bridgehead atoms. The molecule has 0 saturated heterocycles. The largest absolute Gasteiger partial charge is 0.478 e. The molecule has 1 aromatic carbocycles. The minimum Gasteiger partial charge on any atom is -0.478 e. The first-order chi connectivity index (χ1) is 8.76. The summed E-state index contributed by atoms with van der Waals surface area (Å²) in [6.45, 7) is 3.25. The highest BCUT2D eigenvalue weighted by molar-refractivity contribution is 7.92. The second-order valence-electron chi connectivity index (χ2n) is 3.46. The number of sulfonamides is 1. The number of carbonyl (C=O) groups is 1. The van der Waals surface area contributed by atoms with Gasteiger partial charge in [0.1, 0.15) is 0 Å². The van der Waals surface area contributed by atoms with Crippen molar-refractivity contribution in [2.75, 3.05) is 10.5 Å². The van der Waals surface area contributed by atoms with Crippen molar-refractivity contribution in [3.8, 4) is 0 Å². The molecule has 0 atom stereocenters. The number of nitro benzene ring substituents is 1. The van der Waals surface area contributed by atoms with Crippen molar-refractivity contribution in [2.45, 2.75) is 0 Å². The van der Waals surface area contributed by atoms with E-state index < -0.39 is 32.4 Å². The Balaban J connectivity index is 3.29. The van der Waals surface area contributed by atoms with Crippen molar-refractivity contribution in [1.29, 1.82) is 0 Å². The Morgan fingerprint density at radius 1 is 1.53 bits per heavy atom. The molecule has 0 unspecified atom stereocenters. The maximum absolute atomic E-state index is 11.5. The van der Waals surface area contributed by atoms with Gasteiger partial charge in [0, 0.05) is 12.1 Å². The van der Waals surface area contributed by atoms with Gasteiger partial charge in [-0.2, -0.15) is 0 Å². The van der Waals surface area contributed by atoms with Crippen LogP contribution < -0.4 is 4.72 Å². The molecule has 1 aromatic rings. The summed E-state index contributed by atoms with van der Waals surface area (Å²) in [5.74, 6) is -1.83. The van der Waals surface area contributed by atoms with E-state index >= 15 is 0 Å². The molecule has 0 aliphatic rings. The van der Waals surface area contributed by atoms with Gasteiger partial charge in [0.15, 0.2) is 0 Å². The van der Waals surface area contributed by atoms with Crippen molar-refractivity contribution in [2.24, 2.45) is 0 Å². The Morgan fingerprint density at radius 2 is 2.16 bits per heavy atom. The lowest BCUT2D eigenvalue weighted by Gasteiger charge is -2.08. The summed E-state index contributed by atoms with van der Waals surface area (Å²) in [5, 5.41) is 19.5. The van der Waals surface area contributed by atoms with Gasteiger partial charge < -0.3 is 5.11 Å². The van der Waals surface area contributed by atoms with Gasteiger partial charge >= 0.3 is 5.97 Å². The monoisotopic (exact) mass is 286 g/mol. The number of nitro groups is 1. The molecule has 0 fully saturated rings. The van der Waals surface area contributed by atoms with Crippen LogP contribution in [0.1, 0.15) is 10.4 Å². The first-order valence-electron chi connectivity index (χ1n) is 4.90. The summed E-state index contributed by atoms with van der Waals surface area (Å²) >= 11 is 0. The van der Waals surface area contributed by atoms with E-state index in [1.54, 1.807) is 0 Å². The Hall–Kier alpha value is -2.42. The minimum atomic E-state index is -3.84. The third-order valence-electron chi connectivity index (χ3n) is 2.05. The zero-order chi connectivity index (χ0) is 14.6. The molecule has 0 aromatic heterocycles. The average Bonchev–Trinajstić information content (AvgIpc) is 2.27. The number of carboxylic acids is 1. The molecule has 0 spiro atoms. The van der Waals surface area contributed by atoms with Gasteiger partial charge in [-0.1, -0.05) is 6.08 Å². The molecular weight excluding hydrogens is 276 g/mol. The molecular formula is C10H10N2O6S. The number of nitrogens with zero attached hydrogens (tertiary/aromatic N) is 1. The maximum atomic E-state index is 11.5. The lowest BCUT2D eigenvalue weighted by Crippen LogP contribution is -2.17. The molecule has 0 aliphatic carbocycles. The zero-order valence-corrected chi connectivity index (χ0v) is 10.4. The molecule has 102 valence electrons. The normalized spacial score (nSPS) is 10.7. The zero-order valence-electron chi connectivity index (χ0n) is 9.57. The number of aromatic carboxylic acids is 1. The van der Waals surface area contributed by atoms with Gasteiger partial charge in [0.2, 0.25) is 10.0 Å². The fourth-order valence-electron chi connectivity index (χ4n) is 1.28. The molecule has 1 rings (SSSR count). The van der Waals surface area contributed by atoms with Gasteiger partial charge in [0.25, 0.3) is 5.69 Å². The highest BCUT2D eigenvalue weighted by Gasteiger charge is 2.19. The quantitative estimate of drug-likeness (QED) is 0.460. The van der Waals surface area contributed by atoms with E-state index in [2.05, 4.69) is 6.58 Å². The first-order valence-corrected chi connectivity index (χ1v) is 6.55. The van der Waals surface area contributed by atoms with E-state index in [1.165, 1.54) is 0 Å². The lowest BCUT2D eigenvalue weighted by molar-refractivity contribution is -0.384. The van der Waals surface area contributed by atoms with E-state index in [4.69, 9.17) is 5.11 Å². The Morgan fingerprint density at radius 3 is 2.63 bits per heavy atom. The van der Waals surface area contributed by atoms with Crippen molar-refractivity contribution in [3.63, 3.8) is 0 Å². The molecule has 0 heterocycles. The predicted octanol–water partition coefficient (Wildman–Crippen LogP) is 1.22. The number of rotatable bonds is 6. The molecule has 0 aliphatic heterocycles. The van der Waals surface area contributed by atoms with Crippen LogP contribution in [0.25, 0.3) is 0 Å². The van der Waals surface area contributed by atoms with Crippen LogP contribution in [-0.2, 0) is 10.0 Å². The summed E-state index contributed by atoms with van der Waals surface area (Å²) in [7, 11) is -3.84. The standard InChI is InChI=1S/C10H10N2O6S/c1-2-5-19(17,18)11-9-6-7(12(15)16)3-4-8(9)10(13)14/h2-4,6,11H,1,5H2,(H,13,14). The van der Waals surface area contributed by atoms with Crippen LogP contribution in [0.3, 0.4) is 0 Å². The number of carboxylic acid groups (broad SMARTS) is 1. The van der Waals surface area contributed by atoms with Crippen LogP contribution in [0.2, 0.25) is 0 Å². The summed E-state index contributed by atoms with van der Waals surface area (Å²) in [6, 6.07) is 2.80. The number of hydrogen-bond acceptors (Lipinski definition) is 5. The van der Waals surface area contributed by atoms with E-state index in [1.807, 2.05) is 4.72 Å². The average molecular weight is 286 g/mol. The SMILES string of the molecule is C=CCS(=O)(=O)Nc1cc([N+](=O)[O-])ccc1C(=O)O. The van der Waals surface area contributed by atoms with E-state index in [-0.39, 0.29) is 11.3 Å². The summed E-state index contributed by atoms with van der Waals surface area (Å²) in [5.41, 5.74) is -1.15. The fourth-order valence-corrected chi connectivity index (χ4v) is 2.18. The smallest absolute Gasteiger partial charge is 0.337 e. The molecule has 2 N–H and O–H groups in total. The van der Waals surface area contributed by atoms with Crippen LogP contribution in [-0.4, -0.2) is 30.2 Å². The summed E-state index contributed by atoms with van der Waals surface area (Å²) in [6.07, 6.45) is 1.11. The predicted molar refractivity (Wildman–Crippen MR) is 67.7 cm³/mol. The fraction of sp³-hybridized carbons (Fsp3) is 0.100. The molecule has 0 amide bonds. The first kappa shape index (κ1) is 14.6. The number of hydrogen-bond donors (Lipinski definition) is 2. The van der Waals surface area contributed by atoms with Gasteiger partial charge in [-0.3, -0.25) is 14.8 Å². The summed E-state index contributed by atoms with van der Waals surface area (Å²) < 4.78 is 25.0. The Bertz CT molecular complexity index is 637. The van der Waals surface area contributed by atoms with Crippen LogP contribution >= 0.6 is 0 Å². The molecule has 0 saturated carbocycles. The highest BCUT2D eigenvalue weighted by atomic mass is 32.2. The van der Waals surface area contributed by atoms with Crippen molar-refractivity contribution < 1.29 is 23.2 Å². The van der Waals surface area contributed by atoms with Crippen LogP contribution in [0.5, 0.6) is 0 Å². The third kappa shape index (κ3) is 3.78. The minimum absolute atomic E-state index is 0.358. The van der Waals surface area contributed by atoms with E-state index in [0.717, 1.165) is 24.3 Å². The third-order valence-corrected chi connectivity index (χ3v) is 3.25. The molecule has 8 nitrogen and oxygen atoms in total. The van der Waals surface area contributed by atoms with Crippen molar-refractivity contribution in [1.82, 2.24) is 0 Å². The van der Waals surface area contributed by atoms with Gasteiger partial charge in [-0.25, -0.2) is 13.2 Å². The Labute approximate surface area is 108 Å². The molecule has 9 heteroatoms. The van der Waals surface area contributed by atoms with Gasteiger partial charge in [0.05, 0.1) is 21.9 Å². The van der Waals surface area contributed by atoms with Gasteiger partial charge in [-0.15, -0.1) is 6.58 Å². The van der Waals surface area contributed by atoms with Crippen molar-refractivity contribution in [3.05, 3.63) is 46.5 Å². The summed E-state index contributed by atoms with van der Waals surface area (Å²) in [4.78, 5) is 20.8. The van der Waals surface area contributed by atoms with Gasteiger partial charge in [-0.05, 0) is 6.07 Å². The van der Waals surface area contributed by atoms with Crippen LogP contribution in [0.4, 0.5) is 11.4 Å². The number of benzene rings is 1. The number of anilines is 1. The van der Waals surface area contributed by atoms with Crippen LogP contribution in [0.15, 0.2) is 30.9 Å². The second-order valence-corrected chi connectivity index (χ2v) is 5.23. The highest BCUT2D eigenvalue weighted by Crippen LogP contribution is 2.23. The molecule has 0 radical (unpaired) electrons. The second kappa shape index (κ2) is 5.48. The number of nitrogens with one attached hydrogen (secondary N) is 1.